The van der Waals surface area contributed by atoms with Crippen LogP contribution in [0.5, 0.6) is 0 Å². The summed E-state index contributed by atoms with van der Waals surface area (Å²) in [6.07, 6.45) is 1.80. The van der Waals surface area contributed by atoms with Gasteiger partial charge in [0.2, 0.25) is 11.6 Å². The zero-order chi connectivity index (χ0) is 14.1. The maximum absolute atomic E-state index is 12.2. The third kappa shape index (κ3) is 1.93. The van der Waals surface area contributed by atoms with Gasteiger partial charge in [0.15, 0.2) is 0 Å². The minimum atomic E-state index is -0.463. The number of carbonyl (C=O) groups excluding carboxylic acids is 2. The van der Waals surface area contributed by atoms with Crippen molar-refractivity contribution in [3.05, 3.63) is 66.5 Å². The van der Waals surface area contributed by atoms with Crippen LogP contribution in [-0.2, 0) is 4.79 Å². The minimum Gasteiger partial charge on any atom is -0.313 e. The van der Waals surface area contributed by atoms with Gasteiger partial charge in [0.25, 0.3) is 0 Å². The minimum absolute atomic E-state index is 0.430. The molecule has 0 spiro atoms. The van der Waals surface area contributed by atoms with E-state index in [1.807, 2.05) is 54.6 Å². The van der Waals surface area contributed by atoms with E-state index in [4.69, 9.17) is 0 Å². The van der Waals surface area contributed by atoms with Crippen molar-refractivity contribution in [1.29, 1.82) is 0 Å². The Hall–Kier alpha value is -2.68. The summed E-state index contributed by atoms with van der Waals surface area (Å²) in [4.78, 5) is 23.7. The molecule has 0 aliphatic heterocycles. The lowest BCUT2D eigenvalue weighted by Crippen LogP contribution is -2.13. The number of fused-ring (bicyclic) bond motifs is 1. The summed E-state index contributed by atoms with van der Waals surface area (Å²) in [7, 11) is 0. The maximum atomic E-state index is 12.2. The molecule has 3 heteroatoms. The first-order valence-electron chi connectivity index (χ1n) is 6.39. The molecule has 0 N–H and O–H groups in total. The Morgan fingerprint density at radius 1 is 0.950 bits per heavy atom. The van der Waals surface area contributed by atoms with Crippen LogP contribution in [0.3, 0.4) is 0 Å². The number of hydrogen-bond acceptors (Lipinski definition) is 2. The maximum Gasteiger partial charge on any atom is 0.245 e. The lowest BCUT2D eigenvalue weighted by Gasteiger charge is -2.04. The lowest BCUT2D eigenvalue weighted by molar-refractivity contribution is -0.113. The molecule has 1 aromatic carbocycles. The summed E-state index contributed by atoms with van der Waals surface area (Å²) >= 11 is 0. The second-order valence-corrected chi connectivity index (χ2v) is 4.65. The fourth-order valence-electron chi connectivity index (χ4n) is 2.36. The van der Waals surface area contributed by atoms with Crippen molar-refractivity contribution in [2.24, 2.45) is 0 Å². The highest BCUT2D eigenvalue weighted by Crippen LogP contribution is 2.28. The molecule has 3 aromatic rings. The number of ketones is 2. The Labute approximate surface area is 116 Å². The summed E-state index contributed by atoms with van der Waals surface area (Å²) in [5.74, 6) is -0.916. The highest BCUT2D eigenvalue weighted by atomic mass is 16.2. The number of benzene rings is 1. The fourth-order valence-corrected chi connectivity index (χ4v) is 2.36. The predicted octanol–water partition coefficient (Wildman–Crippen LogP) is 3.38. The Morgan fingerprint density at radius 2 is 1.65 bits per heavy atom. The number of pyridine rings is 1. The molecule has 0 atom stereocenters. The van der Waals surface area contributed by atoms with Gasteiger partial charge in [0.05, 0.1) is 0 Å². The number of nitrogens with zero attached hydrogens (tertiary/aromatic N) is 1. The van der Waals surface area contributed by atoms with Gasteiger partial charge in [-0.3, -0.25) is 9.59 Å². The molecule has 0 unspecified atom stereocenters. The van der Waals surface area contributed by atoms with E-state index in [0.29, 0.717) is 5.69 Å². The number of hydrogen-bond donors (Lipinski definition) is 0. The van der Waals surface area contributed by atoms with E-state index in [-0.39, 0.29) is 0 Å². The summed E-state index contributed by atoms with van der Waals surface area (Å²) in [5, 5.41) is 0. The van der Waals surface area contributed by atoms with Crippen LogP contribution in [0.2, 0.25) is 0 Å². The van der Waals surface area contributed by atoms with E-state index >= 15 is 0 Å². The number of carbonyl (C=O) groups is 2. The highest BCUT2D eigenvalue weighted by Gasteiger charge is 2.21. The highest BCUT2D eigenvalue weighted by molar-refractivity contribution is 6.43. The van der Waals surface area contributed by atoms with Crippen LogP contribution in [-0.4, -0.2) is 16.0 Å². The normalized spacial score (nSPS) is 10.7. The molecule has 0 radical (unpaired) electrons. The first-order valence-corrected chi connectivity index (χ1v) is 6.39. The topological polar surface area (TPSA) is 38.5 Å². The van der Waals surface area contributed by atoms with Crippen LogP contribution in [0.15, 0.2) is 60.8 Å². The van der Waals surface area contributed by atoms with Crippen LogP contribution in [0, 0.1) is 0 Å². The SMILES string of the molecule is CC(=O)C(=O)c1c(-c2ccccc2)cc2ccccn12. The monoisotopic (exact) mass is 263 g/mol. The van der Waals surface area contributed by atoms with Crippen LogP contribution < -0.4 is 0 Å². The van der Waals surface area contributed by atoms with Gasteiger partial charge in [0, 0.05) is 24.2 Å². The predicted molar refractivity (Wildman–Crippen MR) is 77.8 cm³/mol. The van der Waals surface area contributed by atoms with Gasteiger partial charge in [-0.2, -0.15) is 0 Å². The summed E-state index contributed by atoms with van der Waals surface area (Å²) in [5.41, 5.74) is 3.05. The molecular formula is C17H13NO2. The summed E-state index contributed by atoms with van der Waals surface area (Å²) in [6, 6.07) is 17.2. The first kappa shape index (κ1) is 12.4. The third-order valence-electron chi connectivity index (χ3n) is 3.30. The molecule has 0 bridgehead atoms. The smallest absolute Gasteiger partial charge is 0.245 e. The van der Waals surface area contributed by atoms with Gasteiger partial charge >= 0.3 is 0 Å². The van der Waals surface area contributed by atoms with Crippen molar-refractivity contribution >= 4 is 17.1 Å². The van der Waals surface area contributed by atoms with Crippen molar-refractivity contribution in [3.63, 3.8) is 0 Å². The van der Waals surface area contributed by atoms with Gasteiger partial charge < -0.3 is 4.40 Å². The molecule has 3 rings (SSSR count). The quantitative estimate of drug-likeness (QED) is 0.536. The van der Waals surface area contributed by atoms with E-state index in [2.05, 4.69) is 0 Å². The van der Waals surface area contributed by atoms with Crippen LogP contribution in [0.25, 0.3) is 16.6 Å². The third-order valence-corrected chi connectivity index (χ3v) is 3.30. The van der Waals surface area contributed by atoms with Gasteiger partial charge in [-0.25, -0.2) is 0 Å². The van der Waals surface area contributed by atoms with Gasteiger partial charge in [-0.15, -0.1) is 0 Å². The van der Waals surface area contributed by atoms with Crippen LogP contribution in [0.4, 0.5) is 0 Å². The Kier molecular flexibility index (Phi) is 2.95. The van der Waals surface area contributed by atoms with Crippen molar-refractivity contribution < 1.29 is 9.59 Å². The molecule has 0 amide bonds. The van der Waals surface area contributed by atoms with Crippen LogP contribution >= 0.6 is 0 Å². The number of rotatable bonds is 3. The molecule has 3 nitrogen and oxygen atoms in total. The van der Waals surface area contributed by atoms with E-state index in [9.17, 15) is 9.59 Å². The Bertz CT molecular complexity index is 800. The van der Waals surface area contributed by atoms with E-state index in [0.717, 1.165) is 16.6 Å². The van der Waals surface area contributed by atoms with E-state index < -0.39 is 11.6 Å². The second-order valence-electron chi connectivity index (χ2n) is 4.65. The molecule has 20 heavy (non-hydrogen) atoms. The van der Waals surface area contributed by atoms with Gasteiger partial charge in [-0.05, 0) is 23.8 Å². The van der Waals surface area contributed by atoms with Crippen molar-refractivity contribution in [2.45, 2.75) is 6.92 Å². The second kappa shape index (κ2) is 4.78. The summed E-state index contributed by atoms with van der Waals surface area (Å²) < 4.78 is 1.77. The average Bonchev–Trinajstić information content (AvgIpc) is 2.86. The van der Waals surface area contributed by atoms with Crippen LogP contribution in [0.1, 0.15) is 17.4 Å². The van der Waals surface area contributed by atoms with E-state index in [1.54, 1.807) is 10.6 Å². The van der Waals surface area contributed by atoms with Gasteiger partial charge in [-0.1, -0.05) is 36.4 Å². The molecule has 0 aliphatic carbocycles. The van der Waals surface area contributed by atoms with Gasteiger partial charge in [0.1, 0.15) is 5.69 Å². The standard InChI is InChI=1S/C17H13NO2/c1-12(19)17(20)16-15(13-7-3-2-4-8-13)11-14-9-5-6-10-18(14)16/h2-11H,1H3. The molecule has 2 heterocycles. The van der Waals surface area contributed by atoms with E-state index in [1.165, 1.54) is 6.92 Å². The molecule has 0 saturated heterocycles. The molecule has 0 saturated carbocycles. The molecule has 2 aromatic heterocycles. The zero-order valence-corrected chi connectivity index (χ0v) is 11.0. The Balaban J connectivity index is 2.34. The largest absolute Gasteiger partial charge is 0.313 e. The molecule has 0 aliphatic rings. The average molecular weight is 263 g/mol. The lowest BCUT2D eigenvalue weighted by atomic mass is 10.0. The number of Topliss-reactive ketones (excluding diaryl/α,β-unsaturated/α-hetero) is 2. The van der Waals surface area contributed by atoms with Crippen molar-refractivity contribution in [1.82, 2.24) is 4.40 Å². The molecule has 98 valence electrons. The summed E-state index contributed by atoms with van der Waals surface area (Å²) in [6.45, 7) is 1.31. The fraction of sp³-hybridized carbons (Fsp3) is 0.0588. The first-order chi connectivity index (χ1) is 9.68. The Morgan fingerprint density at radius 3 is 2.35 bits per heavy atom. The van der Waals surface area contributed by atoms with Crippen molar-refractivity contribution in [2.75, 3.05) is 0 Å². The molecular weight excluding hydrogens is 250 g/mol. The van der Waals surface area contributed by atoms with Crippen molar-refractivity contribution in [3.8, 4) is 11.1 Å². The number of aromatic nitrogens is 1. The zero-order valence-electron chi connectivity index (χ0n) is 11.0. The molecule has 0 fully saturated rings.